The molecule has 3 rings (SSSR count). The molecular formula is C28H38OSi2. The zero-order valence-corrected chi connectivity index (χ0v) is 21.5. The Bertz CT molecular complexity index is 775. The molecule has 0 bridgehead atoms. The largest absolute Gasteiger partial charge is 0.454 e. The monoisotopic (exact) mass is 446 g/mol. The van der Waals surface area contributed by atoms with Gasteiger partial charge in [0.05, 0.1) is 0 Å². The quantitative estimate of drug-likeness (QED) is 0.259. The van der Waals surface area contributed by atoms with Crippen molar-refractivity contribution < 1.29 is 4.12 Å². The molecule has 0 saturated carbocycles. The molecular weight excluding hydrogens is 408 g/mol. The maximum Gasteiger partial charge on any atom is 0.192 e. The van der Waals surface area contributed by atoms with Gasteiger partial charge in [-0.2, -0.15) is 0 Å². The van der Waals surface area contributed by atoms with E-state index in [-0.39, 0.29) is 0 Å². The molecule has 0 aromatic heterocycles. The van der Waals surface area contributed by atoms with Gasteiger partial charge in [0.1, 0.15) is 0 Å². The normalized spacial score (nSPS) is 12.1. The molecule has 0 aliphatic rings. The first kappa shape index (κ1) is 23.7. The molecule has 0 spiro atoms. The standard InChI is InChI=1S/C28H38OSi2/c1-4-22-30(5-2,6-3)29-31(23-26-16-10-7-11-17-26,24-27-18-12-8-13-19-27)25-28-20-14-9-15-21-28/h7-21H,4-6,22-25H2,1-3H3. The Balaban J connectivity index is 2.07. The van der Waals surface area contributed by atoms with Gasteiger partial charge in [0.25, 0.3) is 0 Å². The van der Waals surface area contributed by atoms with Crippen LogP contribution in [0.3, 0.4) is 0 Å². The molecule has 0 atom stereocenters. The van der Waals surface area contributed by atoms with Crippen molar-refractivity contribution in [1.82, 2.24) is 0 Å². The van der Waals surface area contributed by atoms with Crippen LogP contribution in [-0.2, 0) is 22.2 Å². The van der Waals surface area contributed by atoms with Crippen molar-refractivity contribution in [2.24, 2.45) is 0 Å². The van der Waals surface area contributed by atoms with E-state index in [0.717, 1.165) is 18.1 Å². The third kappa shape index (κ3) is 6.77. The lowest BCUT2D eigenvalue weighted by atomic mass is 10.2. The third-order valence-electron chi connectivity index (χ3n) is 6.53. The topological polar surface area (TPSA) is 9.23 Å². The Kier molecular flexibility index (Phi) is 8.88. The maximum atomic E-state index is 7.65. The van der Waals surface area contributed by atoms with Crippen LogP contribution in [0.15, 0.2) is 91.0 Å². The molecule has 3 aromatic rings. The van der Waals surface area contributed by atoms with Gasteiger partial charge in [-0.15, -0.1) is 0 Å². The summed E-state index contributed by atoms with van der Waals surface area (Å²) in [5, 5.41) is 0. The van der Waals surface area contributed by atoms with E-state index < -0.39 is 16.6 Å². The van der Waals surface area contributed by atoms with E-state index in [1.54, 1.807) is 0 Å². The van der Waals surface area contributed by atoms with Crippen LogP contribution in [0, 0.1) is 0 Å². The summed E-state index contributed by atoms with van der Waals surface area (Å²) in [5.41, 5.74) is 4.27. The summed E-state index contributed by atoms with van der Waals surface area (Å²) in [6, 6.07) is 40.1. The Hall–Kier alpha value is -1.95. The van der Waals surface area contributed by atoms with Crippen LogP contribution in [-0.4, -0.2) is 16.6 Å². The average Bonchev–Trinajstić information content (AvgIpc) is 2.80. The minimum atomic E-state index is -2.17. The van der Waals surface area contributed by atoms with Gasteiger partial charge in [-0.05, 0) is 53.0 Å². The van der Waals surface area contributed by atoms with E-state index in [1.807, 2.05) is 0 Å². The molecule has 0 heterocycles. The number of hydrogen-bond donors (Lipinski definition) is 0. The zero-order valence-electron chi connectivity index (χ0n) is 19.5. The number of rotatable bonds is 12. The minimum absolute atomic E-state index is 1.08. The summed E-state index contributed by atoms with van der Waals surface area (Å²) >= 11 is 0. The molecule has 0 N–H and O–H groups in total. The predicted molar refractivity (Wildman–Crippen MR) is 139 cm³/mol. The number of benzene rings is 3. The lowest BCUT2D eigenvalue weighted by Gasteiger charge is -2.42. The van der Waals surface area contributed by atoms with E-state index in [1.165, 1.54) is 41.2 Å². The molecule has 1 nitrogen and oxygen atoms in total. The van der Waals surface area contributed by atoms with Crippen LogP contribution >= 0.6 is 0 Å². The van der Waals surface area contributed by atoms with Gasteiger partial charge in [0, 0.05) is 0 Å². The molecule has 0 unspecified atom stereocenters. The van der Waals surface area contributed by atoms with Crippen molar-refractivity contribution in [3.8, 4) is 0 Å². The number of hydrogen-bond acceptors (Lipinski definition) is 1. The molecule has 0 aliphatic heterocycles. The van der Waals surface area contributed by atoms with Crippen LogP contribution in [0.2, 0.25) is 18.1 Å². The molecule has 0 fully saturated rings. The smallest absolute Gasteiger partial charge is 0.192 e. The zero-order chi connectivity index (χ0) is 22.0. The Morgan fingerprint density at radius 3 is 1.16 bits per heavy atom. The van der Waals surface area contributed by atoms with E-state index in [2.05, 4.69) is 112 Å². The van der Waals surface area contributed by atoms with Crippen LogP contribution in [0.25, 0.3) is 0 Å². The van der Waals surface area contributed by atoms with Crippen LogP contribution in [0.4, 0.5) is 0 Å². The molecule has 164 valence electrons. The van der Waals surface area contributed by atoms with Gasteiger partial charge < -0.3 is 4.12 Å². The van der Waals surface area contributed by atoms with Crippen LogP contribution < -0.4 is 0 Å². The molecule has 3 aromatic carbocycles. The fourth-order valence-corrected chi connectivity index (χ4v) is 16.4. The van der Waals surface area contributed by atoms with Gasteiger partial charge in [-0.1, -0.05) is 118 Å². The highest BCUT2D eigenvalue weighted by Crippen LogP contribution is 2.33. The Labute approximate surface area is 191 Å². The first-order valence-corrected chi connectivity index (χ1v) is 17.0. The van der Waals surface area contributed by atoms with Crippen molar-refractivity contribution in [2.45, 2.75) is 63.5 Å². The van der Waals surface area contributed by atoms with Crippen molar-refractivity contribution >= 4 is 16.6 Å². The average molecular weight is 447 g/mol. The predicted octanol–water partition coefficient (Wildman–Crippen LogP) is 7.69. The SMILES string of the molecule is CCC[Si](CC)(CC)O[Si](Cc1ccccc1)(Cc1ccccc1)Cc1ccccc1. The summed E-state index contributed by atoms with van der Waals surface area (Å²) in [7, 11) is -3.95. The van der Waals surface area contributed by atoms with Gasteiger partial charge in [-0.3, -0.25) is 0 Å². The fraction of sp³-hybridized carbons (Fsp3) is 0.357. The molecule has 3 heteroatoms. The van der Waals surface area contributed by atoms with Crippen LogP contribution in [0.5, 0.6) is 0 Å². The van der Waals surface area contributed by atoms with E-state index in [4.69, 9.17) is 4.12 Å². The van der Waals surface area contributed by atoms with Gasteiger partial charge in [0.2, 0.25) is 0 Å². The lowest BCUT2D eigenvalue weighted by Crippen LogP contribution is -2.56. The van der Waals surface area contributed by atoms with Gasteiger partial charge >= 0.3 is 0 Å². The first-order valence-electron chi connectivity index (χ1n) is 11.9. The van der Waals surface area contributed by atoms with Gasteiger partial charge in [0.15, 0.2) is 16.6 Å². The Morgan fingerprint density at radius 2 is 0.871 bits per heavy atom. The van der Waals surface area contributed by atoms with Gasteiger partial charge in [-0.25, -0.2) is 0 Å². The van der Waals surface area contributed by atoms with Crippen molar-refractivity contribution in [3.63, 3.8) is 0 Å². The second-order valence-electron chi connectivity index (χ2n) is 8.91. The molecule has 0 amide bonds. The van der Waals surface area contributed by atoms with Crippen molar-refractivity contribution in [1.29, 1.82) is 0 Å². The van der Waals surface area contributed by atoms with E-state index in [0.29, 0.717) is 0 Å². The second-order valence-corrected chi connectivity index (χ2v) is 17.4. The van der Waals surface area contributed by atoms with E-state index >= 15 is 0 Å². The second kappa shape index (κ2) is 11.6. The molecule has 0 aliphatic carbocycles. The highest BCUT2D eigenvalue weighted by atomic mass is 28.4. The summed E-state index contributed by atoms with van der Waals surface area (Å²) in [6.45, 7) is 7.07. The summed E-state index contributed by atoms with van der Waals surface area (Å²) in [6.07, 6.45) is 1.22. The highest BCUT2D eigenvalue weighted by molar-refractivity contribution is 6.86. The van der Waals surface area contributed by atoms with Crippen molar-refractivity contribution in [3.05, 3.63) is 108 Å². The Morgan fingerprint density at radius 1 is 0.516 bits per heavy atom. The highest BCUT2D eigenvalue weighted by Gasteiger charge is 2.43. The summed E-state index contributed by atoms with van der Waals surface area (Å²) in [5.74, 6) is 0. The first-order chi connectivity index (χ1) is 15.1. The summed E-state index contributed by atoms with van der Waals surface area (Å²) < 4.78 is 7.65. The van der Waals surface area contributed by atoms with Crippen molar-refractivity contribution in [2.75, 3.05) is 0 Å². The molecule has 0 radical (unpaired) electrons. The van der Waals surface area contributed by atoms with E-state index in [9.17, 15) is 0 Å². The molecule has 31 heavy (non-hydrogen) atoms. The molecule has 0 saturated heterocycles. The lowest BCUT2D eigenvalue weighted by molar-refractivity contribution is 0.498. The summed E-state index contributed by atoms with van der Waals surface area (Å²) in [4.78, 5) is 0. The third-order valence-corrected chi connectivity index (χ3v) is 17.1. The van der Waals surface area contributed by atoms with Crippen LogP contribution in [0.1, 0.15) is 43.9 Å². The maximum absolute atomic E-state index is 7.65. The fourth-order valence-electron chi connectivity index (χ4n) is 4.91. The minimum Gasteiger partial charge on any atom is -0.454 e.